The molecular formula is C18H22BrFIN3O2S. The summed E-state index contributed by atoms with van der Waals surface area (Å²) in [7, 11) is -3.39. The fourth-order valence-electron chi connectivity index (χ4n) is 2.20. The Morgan fingerprint density at radius 2 is 1.78 bits per heavy atom. The third-order valence-corrected chi connectivity index (χ3v) is 5.81. The molecule has 27 heavy (non-hydrogen) atoms. The maximum absolute atomic E-state index is 13.7. The molecule has 148 valence electrons. The van der Waals surface area contributed by atoms with Gasteiger partial charge in [0.05, 0.1) is 17.2 Å². The van der Waals surface area contributed by atoms with Gasteiger partial charge >= 0.3 is 0 Å². The molecule has 0 aliphatic rings. The lowest BCUT2D eigenvalue weighted by atomic mass is 10.2. The van der Waals surface area contributed by atoms with Gasteiger partial charge in [-0.1, -0.05) is 34.1 Å². The molecule has 0 amide bonds. The van der Waals surface area contributed by atoms with Crippen molar-refractivity contribution in [3.63, 3.8) is 0 Å². The summed E-state index contributed by atoms with van der Waals surface area (Å²) in [5.74, 6) is 0.0605. The van der Waals surface area contributed by atoms with Crippen molar-refractivity contribution in [2.45, 2.75) is 18.4 Å². The number of hydrogen-bond acceptors (Lipinski definition) is 3. The van der Waals surface area contributed by atoms with Crippen LogP contribution < -0.4 is 10.6 Å². The normalized spacial score (nSPS) is 11.6. The van der Waals surface area contributed by atoms with E-state index in [2.05, 4.69) is 31.6 Å². The Morgan fingerprint density at radius 1 is 1.11 bits per heavy atom. The van der Waals surface area contributed by atoms with Crippen LogP contribution in [0.25, 0.3) is 0 Å². The second kappa shape index (κ2) is 11.6. The maximum Gasteiger partial charge on any atom is 0.191 e. The minimum absolute atomic E-state index is 0. The van der Waals surface area contributed by atoms with Crippen LogP contribution >= 0.6 is 39.9 Å². The predicted octanol–water partition coefficient (Wildman–Crippen LogP) is 3.74. The first-order valence-electron chi connectivity index (χ1n) is 8.16. The lowest BCUT2D eigenvalue weighted by Gasteiger charge is -2.12. The number of rotatable bonds is 7. The van der Waals surface area contributed by atoms with Crippen LogP contribution in [0.3, 0.4) is 0 Å². The maximum atomic E-state index is 13.7. The summed E-state index contributed by atoms with van der Waals surface area (Å²) >= 11 is 3.28. The highest BCUT2D eigenvalue weighted by Gasteiger charge is 2.14. The molecule has 0 radical (unpaired) electrons. The molecule has 0 saturated carbocycles. The highest BCUT2D eigenvalue weighted by atomic mass is 127. The summed E-state index contributed by atoms with van der Waals surface area (Å²) in [6.07, 6.45) is 0. The van der Waals surface area contributed by atoms with Crippen LogP contribution in [-0.4, -0.2) is 33.2 Å². The molecule has 9 heteroatoms. The predicted molar refractivity (Wildman–Crippen MR) is 121 cm³/mol. The van der Waals surface area contributed by atoms with E-state index in [0.717, 1.165) is 4.47 Å². The Balaban J connectivity index is 0.00000364. The Kier molecular flexibility index (Phi) is 10.2. The second-order valence-electron chi connectivity index (χ2n) is 5.49. The fraction of sp³-hybridized carbons (Fsp3) is 0.278. The van der Waals surface area contributed by atoms with Crippen molar-refractivity contribution in [1.29, 1.82) is 0 Å². The van der Waals surface area contributed by atoms with Gasteiger partial charge in [0.15, 0.2) is 15.8 Å². The third kappa shape index (κ3) is 7.74. The fourth-order valence-corrected chi connectivity index (χ4v) is 3.62. The smallest absolute Gasteiger partial charge is 0.191 e. The summed E-state index contributed by atoms with van der Waals surface area (Å²) in [6, 6.07) is 12.9. The number of hydrogen-bond donors (Lipinski definition) is 2. The van der Waals surface area contributed by atoms with Crippen LogP contribution in [0.2, 0.25) is 0 Å². The van der Waals surface area contributed by atoms with E-state index in [1.165, 1.54) is 6.07 Å². The Labute approximate surface area is 184 Å². The van der Waals surface area contributed by atoms with Gasteiger partial charge in [-0.15, -0.1) is 24.0 Å². The topological polar surface area (TPSA) is 70.6 Å². The largest absolute Gasteiger partial charge is 0.357 e. The lowest BCUT2D eigenvalue weighted by molar-refractivity contribution is 0.594. The molecular weight excluding hydrogens is 548 g/mol. The van der Waals surface area contributed by atoms with Crippen molar-refractivity contribution in [1.82, 2.24) is 10.6 Å². The first-order valence-corrected chi connectivity index (χ1v) is 10.6. The van der Waals surface area contributed by atoms with Crippen LogP contribution in [0.5, 0.6) is 0 Å². The highest BCUT2D eigenvalue weighted by Crippen LogP contribution is 2.15. The lowest BCUT2D eigenvalue weighted by Crippen LogP contribution is -2.39. The molecule has 0 aromatic heterocycles. The summed E-state index contributed by atoms with van der Waals surface area (Å²) in [4.78, 5) is 4.58. The molecule has 0 atom stereocenters. The summed E-state index contributed by atoms with van der Waals surface area (Å²) < 4.78 is 39.2. The third-order valence-electron chi connectivity index (χ3n) is 3.55. The summed E-state index contributed by atoms with van der Waals surface area (Å²) in [6.45, 7) is 2.88. The van der Waals surface area contributed by atoms with Crippen LogP contribution in [0.4, 0.5) is 4.39 Å². The van der Waals surface area contributed by atoms with Gasteiger partial charge in [0.25, 0.3) is 0 Å². The number of guanidine groups is 1. The van der Waals surface area contributed by atoms with Crippen molar-refractivity contribution in [2.24, 2.45) is 4.99 Å². The second-order valence-corrected chi connectivity index (χ2v) is 8.51. The summed E-state index contributed by atoms with van der Waals surface area (Å²) in [5.41, 5.74) is 0.479. The van der Waals surface area contributed by atoms with Crippen LogP contribution in [0.15, 0.2) is 62.9 Å². The number of aliphatic imine (C=N–C) groups is 1. The minimum Gasteiger partial charge on any atom is -0.357 e. The Bertz CT molecular complexity index is 861. The average molecular weight is 570 g/mol. The van der Waals surface area contributed by atoms with Gasteiger partial charge in [0.2, 0.25) is 0 Å². The van der Waals surface area contributed by atoms with Gasteiger partial charge in [-0.2, -0.15) is 0 Å². The van der Waals surface area contributed by atoms with E-state index in [1.54, 1.807) is 42.5 Å². The van der Waals surface area contributed by atoms with Gasteiger partial charge in [0, 0.05) is 23.1 Å². The molecule has 2 rings (SSSR count). The number of halogens is 3. The molecule has 2 aromatic carbocycles. The van der Waals surface area contributed by atoms with Gasteiger partial charge < -0.3 is 10.6 Å². The Hall–Kier alpha value is -1.20. The molecule has 0 aliphatic carbocycles. The van der Waals surface area contributed by atoms with E-state index in [0.29, 0.717) is 18.1 Å². The molecule has 2 aromatic rings. The molecule has 0 aliphatic heterocycles. The SMILES string of the molecule is CCNC(=NCc1ccccc1F)NCCS(=O)(=O)c1ccc(Br)cc1.I. The number of nitrogens with zero attached hydrogens (tertiary/aromatic N) is 1. The van der Waals surface area contributed by atoms with E-state index in [1.807, 2.05) is 6.92 Å². The van der Waals surface area contributed by atoms with Gasteiger partial charge in [-0.05, 0) is 37.3 Å². The molecule has 5 nitrogen and oxygen atoms in total. The first-order chi connectivity index (χ1) is 12.4. The van der Waals surface area contributed by atoms with E-state index < -0.39 is 9.84 Å². The zero-order valence-corrected chi connectivity index (χ0v) is 19.5. The summed E-state index contributed by atoms with van der Waals surface area (Å²) in [5, 5.41) is 6.00. The molecule has 0 saturated heterocycles. The van der Waals surface area contributed by atoms with Crippen molar-refractivity contribution in [2.75, 3.05) is 18.8 Å². The molecule has 0 fully saturated rings. The molecule has 0 heterocycles. The number of nitrogens with one attached hydrogen (secondary N) is 2. The van der Waals surface area contributed by atoms with Crippen molar-refractivity contribution < 1.29 is 12.8 Å². The zero-order chi connectivity index (χ0) is 19.0. The van der Waals surface area contributed by atoms with Crippen LogP contribution in [0.1, 0.15) is 12.5 Å². The van der Waals surface area contributed by atoms with Gasteiger partial charge in [-0.25, -0.2) is 17.8 Å². The van der Waals surface area contributed by atoms with E-state index >= 15 is 0 Å². The van der Waals surface area contributed by atoms with Crippen LogP contribution in [-0.2, 0) is 16.4 Å². The molecule has 0 unspecified atom stereocenters. The Morgan fingerprint density at radius 3 is 2.41 bits per heavy atom. The molecule has 0 bridgehead atoms. The quantitative estimate of drug-likeness (QED) is 0.303. The average Bonchev–Trinajstić information content (AvgIpc) is 2.61. The van der Waals surface area contributed by atoms with Crippen molar-refractivity contribution in [3.05, 3.63) is 64.4 Å². The highest BCUT2D eigenvalue weighted by molar-refractivity contribution is 14.0. The number of benzene rings is 2. The number of sulfone groups is 1. The van der Waals surface area contributed by atoms with Crippen molar-refractivity contribution >= 4 is 55.7 Å². The monoisotopic (exact) mass is 569 g/mol. The minimum atomic E-state index is -3.39. The van der Waals surface area contributed by atoms with Gasteiger partial charge in [0.1, 0.15) is 5.82 Å². The standard InChI is InChI=1S/C18H21BrFN3O2S.HI/c1-2-21-18(23-13-14-5-3-4-6-17(14)20)22-11-12-26(24,25)16-9-7-15(19)8-10-16;/h3-10H,2,11-13H2,1H3,(H2,21,22,23);1H. The van der Waals surface area contributed by atoms with E-state index in [-0.39, 0.29) is 53.5 Å². The van der Waals surface area contributed by atoms with Crippen molar-refractivity contribution in [3.8, 4) is 0 Å². The van der Waals surface area contributed by atoms with Crippen LogP contribution in [0, 0.1) is 5.82 Å². The molecule has 0 spiro atoms. The van der Waals surface area contributed by atoms with E-state index in [9.17, 15) is 12.8 Å². The van der Waals surface area contributed by atoms with Gasteiger partial charge in [-0.3, -0.25) is 0 Å². The zero-order valence-electron chi connectivity index (χ0n) is 14.8. The first kappa shape index (κ1) is 23.8. The van der Waals surface area contributed by atoms with E-state index in [4.69, 9.17) is 0 Å². The molecule has 2 N–H and O–H groups in total.